The van der Waals surface area contributed by atoms with Crippen LogP contribution in [-0.2, 0) is 36.8 Å². The fourth-order valence-corrected chi connectivity index (χ4v) is 7.33. The van der Waals surface area contributed by atoms with Crippen molar-refractivity contribution < 1.29 is 38.2 Å². The number of hydrogen-bond donors (Lipinski definition) is 4. The van der Waals surface area contributed by atoms with E-state index in [1.807, 2.05) is 0 Å². The Labute approximate surface area is 416 Å². The van der Waals surface area contributed by atoms with Crippen LogP contribution in [0.1, 0.15) is 65.1 Å². The third-order valence-electron chi connectivity index (χ3n) is 9.56. The number of azo groups is 2. The average Bonchev–Trinajstić information content (AvgIpc) is 3.31. The number of benzene rings is 5. The largest absolute Gasteiger partial charge is 0.491 e. The summed E-state index contributed by atoms with van der Waals surface area (Å²) >= 11 is 31.1. The number of halogens is 5. The predicted molar refractivity (Wildman–Crippen MR) is 264 cm³/mol. The number of hydrogen-bond acceptors (Lipinski definition) is 12. The number of alkyl halides is 3. The number of Topliss-reactive ketones (excluding diaryl/α,β-unsaturated/α-hetero) is 2. The fraction of sp³-hybridized carbons (Fsp3) is 0.234. The summed E-state index contributed by atoms with van der Waals surface area (Å²) in [5, 5.41) is 27.1. The number of ether oxygens (including phenoxy) is 2. The zero-order valence-electron chi connectivity index (χ0n) is 36.8. The van der Waals surface area contributed by atoms with Crippen molar-refractivity contribution in [2.45, 2.75) is 57.4 Å². The minimum absolute atomic E-state index is 0.0301. The third kappa shape index (κ3) is 13.6. The molecule has 0 fully saturated rings. The number of carbonyl (C=O) groups excluding carboxylic acids is 6. The van der Waals surface area contributed by atoms with Gasteiger partial charge in [-0.2, -0.15) is 20.5 Å². The van der Waals surface area contributed by atoms with E-state index in [1.54, 1.807) is 50.2 Å². The summed E-state index contributed by atoms with van der Waals surface area (Å²) in [5.41, 5.74) is 3.09. The molecule has 0 radical (unpaired) electrons. The lowest BCUT2D eigenvalue weighted by molar-refractivity contribution is -0.127. The number of amides is 4. The van der Waals surface area contributed by atoms with E-state index in [0.29, 0.717) is 52.8 Å². The van der Waals surface area contributed by atoms with Crippen LogP contribution < -0.4 is 30.7 Å². The molecule has 0 aliphatic carbocycles. The van der Waals surface area contributed by atoms with Gasteiger partial charge in [-0.25, -0.2) is 0 Å². The van der Waals surface area contributed by atoms with Crippen LogP contribution in [0.2, 0.25) is 10.0 Å². The zero-order chi connectivity index (χ0) is 49.5. The van der Waals surface area contributed by atoms with E-state index in [9.17, 15) is 28.8 Å². The molecular weight excluding hydrogens is 982 g/mol. The molecule has 0 saturated heterocycles. The van der Waals surface area contributed by atoms with Crippen LogP contribution in [0, 0.1) is 0 Å². The van der Waals surface area contributed by atoms with Crippen LogP contribution in [0.3, 0.4) is 0 Å². The van der Waals surface area contributed by atoms with Crippen molar-refractivity contribution in [1.82, 2.24) is 0 Å². The van der Waals surface area contributed by atoms with Gasteiger partial charge in [0.2, 0.25) is 12.1 Å². The molecule has 0 heterocycles. The Balaban J connectivity index is 1.26. The molecule has 0 bridgehead atoms. The van der Waals surface area contributed by atoms with Crippen molar-refractivity contribution >= 4 is 127 Å². The van der Waals surface area contributed by atoms with E-state index < -0.39 is 47.3 Å². The number of ketones is 2. The number of para-hydroxylation sites is 2. The van der Waals surface area contributed by atoms with E-state index in [4.69, 9.17) is 67.5 Å². The van der Waals surface area contributed by atoms with Gasteiger partial charge in [0.15, 0.2) is 11.6 Å². The number of nitrogens with one attached hydrogen (secondary N) is 4. The fourth-order valence-electron chi connectivity index (χ4n) is 6.29. The second-order valence-electron chi connectivity index (χ2n) is 14.4. The quantitative estimate of drug-likeness (QED) is 0.0314. The highest BCUT2D eigenvalue weighted by molar-refractivity contribution is 6.35. The molecule has 21 heteroatoms. The summed E-state index contributed by atoms with van der Waals surface area (Å²) in [6.07, 6.45) is 0. The van der Waals surface area contributed by atoms with Crippen LogP contribution in [-0.4, -0.2) is 60.5 Å². The maximum Gasteiger partial charge on any atom is 0.258 e. The van der Waals surface area contributed by atoms with Crippen LogP contribution in [0.4, 0.5) is 34.1 Å². The van der Waals surface area contributed by atoms with E-state index in [1.165, 1.54) is 54.6 Å². The third-order valence-corrected chi connectivity index (χ3v) is 11.1. The number of nitrogens with zero attached hydrogens (tertiary/aromatic N) is 4. The number of carbonyl (C=O) groups is 6. The molecule has 0 aliphatic heterocycles. The highest BCUT2D eigenvalue weighted by Gasteiger charge is 2.26. The molecule has 0 aliphatic rings. The molecule has 0 saturated carbocycles. The predicted octanol–water partition coefficient (Wildman–Crippen LogP) is 11.9. The minimum Gasteiger partial charge on any atom is -0.491 e. The van der Waals surface area contributed by atoms with Crippen LogP contribution >= 0.6 is 58.0 Å². The second-order valence-corrected chi connectivity index (χ2v) is 16.0. The molecule has 2 atom stereocenters. The van der Waals surface area contributed by atoms with Crippen molar-refractivity contribution in [3.05, 3.63) is 129 Å². The molecule has 5 aromatic carbocycles. The van der Waals surface area contributed by atoms with Gasteiger partial charge in [0.25, 0.3) is 23.6 Å². The summed E-state index contributed by atoms with van der Waals surface area (Å²) in [6.45, 7) is 6.57. The summed E-state index contributed by atoms with van der Waals surface area (Å²) < 4.78 is 11.4. The van der Waals surface area contributed by atoms with Crippen LogP contribution in [0.5, 0.6) is 11.5 Å². The Morgan fingerprint density at radius 2 is 0.971 bits per heavy atom. The van der Waals surface area contributed by atoms with Gasteiger partial charge in [0, 0.05) is 28.4 Å². The Kier molecular flexibility index (Phi) is 19.4. The van der Waals surface area contributed by atoms with Gasteiger partial charge < -0.3 is 30.7 Å². The van der Waals surface area contributed by atoms with Gasteiger partial charge in [0.05, 0.1) is 68.9 Å². The second kappa shape index (κ2) is 25.1. The normalized spacial score (nSPS) is 12.0. The van der Waals surface area contributed by atoms with Crippen molar-refractivity contribution in [2.24, 2.45) is 20.5 Å². The van der Waals surface area contributed by atoms with Crippen molar-refractivity contribution in [1.29, 1.82) is 0 Å². The van der Waals surface area contributed by atoms with Gasteiger partial charge in [-0.1, -0.05) is 47.5 Å². The molecule has 5 rings (SSSR count). The maximum absolute atomic E-state index is 13.4. The number of anilines is 4. The summed E-state index contributed by atoms with van der Waals surface area (Å²) in [6, 6.07) is 19.8. The number of rotatable bonds is 21. The molecule has 0 spiro atoms. The molecule has 4 N–H and O–H groups in total. The molecule has 2 unspecified atom stereocenters. The van der Waals surface area contributed by atoms with Crippen molar-refractivity contribution in [3.8, 4) is 11.5 Å². The molecule has 68 heavy (non-hydrogen) atoms. The van der Waals surface area contributed by atoms with Gasteiger partial charge in [-0.15, -0.1) is 34.8 Å². The maximum atomic E-state index is 13.4. The van der Waals surface area contributed by atoms with Crippen molar-refractivity contribution in [3.63, 3.8) is 0 Å². The Bertz CT molecular complexity index is 2790. The first-order chi connectivity index (χ1) is 32.6. The SMILES string of the molecule is CCOc1c(CCl)cccc1NC(=O)c1cc(N=NC(C(C)=O)C(=O)Nc2ccc(NC(=O)C(N=Nc3ccc(Cl)c(C(=O)Nc4cccc(CCl)c4OCC)c3)C(C)=O)c(CCl)c2)ccc1Cl. The zero-order valence-corrected chi connectivity index (χ0v) is 40.6. The first-order valence-corrected chi connectivity index (χ1v) is 22.9. The van der Waals surface area contributed by atoms with Gasteiger partial charge in [-0.3, -0.25) is 28.8 Å². The minimum atomic E-state index is -1.62. The van der Waals surface area contributed by atoms with E-state index in [-0.39, 0.29) is 61.6 Å². The van der Waals surface area contributed by atoms with E-state index in [0.717, 1.165) is 13.8 Å². The lowest BCUT2D eigenvalue weighted by Crippen LogP contribution is -2.32. The first-order valence-electron chi connectivity index (χ1n) is 20.6. The molecular formula is C47H43Cl5N8O8. The van der Waals surface area contributed by atoms with Gasteiger partial charge in [-0.05, 0) is 100.0 Å². The van der Waals surface area contributed by atoms with Gasteiger partial charge >= 0.3 is 0 Å². The molecule has 354 valence electrons. The smallest absolute Gasteiger partial charge is 0.258 e. The topological polar surface area (TPSA) is 218 Å². The highest BCUT2D eigenvalue weighted by atomic mass is 35.5. The Morgan fingerprint density at radius 3 is 1.38 bits per heavy atom. The first kappa shape index (κ1) is 52.5. The summed E-state index contributed by atoms with van der Waals surface area (Å²) in [7, 11) is 0. The Morgan fingerprint density at radius 1 is 0.529 bits per heavy atom. The lowest BCUT2D eigenvalue weighted by Gasteiger charge is -2.15. The van der Waals surface area contributed by atoms with E-state index >= 15 is 0 Å². The average molecular weight is 1030 g/mol. The van der Waals surface area contributed by atoms with Gasteiger partial charge in [0.1, 0.15) is 11.5 Å². The summed E-state index contributed by atoms with van der Waals surface area (Å²) in [4.78, 5) is 78.8. The molecule has 5 aromatic rings. The Hall–Kier alpha value is -6.43. The lowest BCUT2D eigenvalue weighted by atomic mass is 10.1. The van der Waals surface area contributed by atoms with Crippen LogP contribution in [0.15, 0.2) is 111 Å². The monoisotopic (exact) mass is 1020 g/mol. The van der Waals surface area contributed by atoms with Crippen LogP contribution in [0.25, 0.3) is 0 Å². The van der Waals surface area contributed by atoms with E-state index in [2.05, 4.69) is 41.7 Å². The standard InChI is InChI=1S/C47H43Cl5N8O8/c1-5-67-42-27(22-48)9-7-11-38(42)55-44(63)33-20-31(13-16-35(33)51)57-59-40(25(3)61)46(65)53-30-15-18-37(29(19-30)24-50)54-47(66)41(26(4)62)60-58-32-14-17-36(52)34(21-32)45(64)56-39-12-8-10-28(23-49)43(39)68-6-2/h7-21,40-41H,5-6,22-24H2,1-4H3,(H,53,65)(H,54,66)(H,55,63)(H,56,64). The summed E-state index contributed by atoms with van der Waals surface area (Å²) in [5.74, 6) is -3.19. The van der Waals surface area contributed by atoms with Crippen molar-refractivity contribution in [2.75, 3.05) is 34.5 Å². The molecule has 4 amide bonds. The molecule has 0 aromatic heterocycles. The molecule has 16 nitrogen and oxygen atoms in total. The highest BCUT2D eigenvalue weighted by Crippen LogP contribution is 2.34.